The second-order valence-electron chi connectivity index (χ2n) is 6.07. The van der Waals surface area contributed by atoms with Crippen molar-refractivity contribution in [3.8, 4) is 17.1 Å². The molecule has 0 fully saturated rings. The number of hydrogen-bond acceptors (Lipinski definition) is 10. The number of rotatable bonds is 9. The number of fused-ring (bicyclic) bond motifs is 1. The van der Waals surface area contributed by atoms with E-state index in [2.05, 4.69) is 30.8 Å². The molecule has 1 aromatic carbocycles. The van der Waals surface area contributed by atoms with E-state index in [9.17, 15) is 4.79 Å². The number of carbonyl (C=O) groups is 1. The molecule has 0 aliphatic carbocycles. The maximum atomic E-state index is 12.3. The minimum absolute atomic E-state index is 0.161. The van der Waals surface area contributed by atoms with Gasteiger partial charge in [0.15, 0.2) is 15.8 Å². The van der Waals surface area contributed by atoms with Crippen molar-refractivity contribution >= 4 is 51.5 Å². The largest absolute Gasteiger partial charge is 0.494 e. The van der Waals surface area contributed by atoms with Gasteiger partial charge in [0.2, 0.25) is 11.0 Å². The van der Waals surface area contributed by atoms with Crippen LogP contribution in [0.25, 0.3) is 17.0 Å². The van der Waals surface area contributed by atoms with Gasteiger partial charge in [0, 0.05) is 5.56 Å². The van der Waals surface area contributed by atoms with Crippen LogP contribution in [0.15, 0.2) is 45.8 Å². The molecular formula is C19H19N7O2S3. The third-order valence-corrected chi connectivity index (χ3v) is 6.71. The molecule has 160 valence electrons. The molecule has 0 aliphatic heterocycles. The van der Waals surface area contributed by atoms with Crippen LogP contribution in [-0.4, -0.2) is 54.0 Å². The molecular weight excluding hydrogens is 454 g/mol. The maximum Gasteiger partial charge on any atom is 0.236 e. The lowest BCUT2D eigenvalue weighted by Crippen LogP contribution is -2.14. The highest BCUT2D eigenvalue weighted by atomic mass is 32.2. The number of nitrogens with one attached hydrogen (secondary N) is 1. The molecule has 3 heterocycles. The summed E-state index contributed by atoms with van der Waals surface area (Å²) < 4.78 is 8.00. The van der Waals surface area contributed by atoms with E-state index in [-0.39, 0.29) is 11.7 Å². The number of ether oxygens (including phenoxy) is 1. The summed E-state index contributed by atoms with van der Waals surface area (Å²) in [5, 5.41) is 25.0. The topological polar surface area (TPSA) is 107 Å². The van der Waals surface area contributed by atoms with Gasteiger partial charge in [-0.3, -0.25) is 10.1 Å². The Morgan fingerprint density at radius 3 is 2.68 bits per heavy atom. The summed E-state index contributed by atoms with van der Waals surface area (Å²) in [6.45, 7) is 4.60. The molecule has 0 atom stereocenters. The summed E-state index contributed by atoms with van der Waals surface area (Å²) in [6, 6.07) is 11.3. The molecule has 0 unspecified atom stereocenters. The first-order valence-electron chi connectivity index (χ1n) is 9.51. The Bertz CT molecular complexity index is 1180. The minimum Gasteiger partial charge on any atom is -0.494 e. The van der Waals surface area contributed by atoms with Gasteiger partial charge in [-0.05, 0) is 49.1 Å². The van der Waals surface area contributed by atoms with Gasteiger partial charge in [0.25, 0.3) is 0 Å². The Morgan fingerprint density at radius 2 is 1.90 bits per heavy atom. The van der Waals surface area contributed by atoms with Crippen LogP contribution in [0.1, 0.15) is 13.8 Å². The van der Waals surface area contributed by atoms with Crippen molar-refractivity contribution < 1.29 is 9.53 Å². The van der Waals surface area contributed by atoms with E-state index in [0.29, 0.717) is 28.2 Å². The summed E-state index contributed by atoms with van der Waals surface area (Å²) in [6.07, 6.45) is 0. The van der Waals surface area contributed by atoms with Gasteiger partial charge in [-0.1, -0.05) is 41.8 Å². The van der Waals surface area contributed by atoms with Gasteiger partial charge in [-0.15, -0.1) is 20.4 Å². The standard InChI is InChI=1S/C19H19N7O2S3/c1-3-28-13-7-5-12(6-8-13)17-22-21-14-9-10-16(25-26(14)17)30-11-15(27)20-18-23-24-19(31-18)29-4-2/h5-10H,3-4,11H2,1-2H3,(H,20,23,27). The highest BCUT2D eigenvalue weighted by Crippen LogP contribution is 2.26. The summed E-state index contributed by atoms with van der Waals surface area (Å²) in [7, 11) is 0. The van der Waals surface area contributed by atoms with Crippen molar-refractivity contribution in [3.05, 3.63) is 36.4 Å². The van der Waals surface area contributed by atoms with E-state index in [0.717, 1.165) is 21.4 Å². The Morgan fingerprint density at radius 1 is 1.06 bits per heavy atom. The molecule has 9 nitrogen and oxygen atoms in total. The molecule has 1 amide bonds. The Kier molecular flexibility index (Phi) is 6.99. The van der Waals surface area contributed by atoms with E-state index in [1.165, 1.54) is 23.1 Å². The molecule has 0 aliphatic rings. The van der Waals surface area contributed by atoms with Gasteiger partial charge in [0.05, 0.1) is 12.4 Å². The summed E-state index contributed by atoms with van der Waals surface area (Å²) >= 11 is 4.29. The van der Waals surface area contributed by atoms with Crippen LogP contribution in [-0.2, 0) is 4.79 Å². The number of aromatic nitrogens is 6. The zero-order chi connectivity index (χ0) is 21.6. The lowest BCUT2D eigenvalue weighted by Gasteiger charge is -2.05. The van der Waals surface area contributed by atoms with Crippen molar-refractivity contribution in [2.24, 2.45) is 0 Å². The molecule has 0 radical (unpaired) electrons. The van der Waals surface area contributed by atoms with Gasteiger partial charge < -0.3 is 4.74 Å². The Labute approximate surface area is 191 Å². The van der Waals surface area contributed by atoms with Gasteiger partial charge >= 0.3 is 0 Å². The molecule has 4 rings (SSSR count). The summed E-state index contributed by atoms with van der Waals surface area (Å²) in [5.41, 5.74) is 1.51. The molecule has 31 heavy (non-hydrogen) atoms. The van der Waals surface area contributed by atoms with E-state index in [4.69, 9.17) is 4.74 Å². The molecule has 3 aromatic heterocycles. The summed E-state index contributed by atoms with van der Waals surface area (Å²) in [5.74, 6) is 2.38. The quantitative estimate of drug-likeness (QED) is 0.286. The average Bonchev–Trinajstić information content (AvgIpc) is 3.40. The third-order valence-electron chi connectivity index (χ3n) is 3.93. The Hall–Kier alpha value is -2.70. The number of nitrogens with zero attached hydrogens (tertiary/aromatic N) is 6. The van der Waals surface area contributed by atoms with Crippen LogP contribution < -0.4 is 10.1 Å². The Balaban J connectivity index is 1.43. The van der Waals surface area contributed by atoms with Crippen LogP contribution >= 0.6 is 34.9 Å². The molecule has 0 spiro atoms. The fraction of sp³-hybridized carbons (Fsp3) is 0.263. The number of thioether (sulfide) groups is 2. The first-order valence-corrected chi connectivity index (χ1v) is 12.3. The number of hydrogen-bond donors (Lipinski definition) is 1. The predicted octanol–water partition coefficient (Wildman–Crippen LogP) is 3.88. The highest BCUT2D eigenvalue weighted by Gasteiger charge is 2.13. The number of anilines is 1. The van der Waals surface area contributed by atoms with E-state index < -0.39 is 0 Å². The third kappa shape index (κ3) is 5.32. The molecule has 12 heteroatoms. The van der Waals surface area contributed by atoms with E-state index in [1.54, 1.807) is 16.3 Å². The lowest BCUT2D eigenvalue weighted by molar-refractivity contribution is -0.113. The summed E-state index contributed by atoms with van der Waals surface area (Å²) in [4.78, 5) is 12.3. The second-order valence-corrected chi connectivity index (χ2v) is 9.55. The average molecular weight is 474 g/mol. The molecule has 0 saturated heterocycles. The van der Waals surface area contributed by atoms with Crippen LogP contribution in [0.3, 0.4) is 0 Å². The molecule has 0 bridgehead atoms. The minimum atomic E-state index is -0.161. The van der Waals surface area contributed by atoms with Gasteiger partial charge in [-0.25, -0.2) is 0 Å². The van der Waals surface area contributed by atoms with Crippen molar-refractivity contribution in [1.82, 2.24) is 30.0 Å². The number of benzene rings is 1. The van der Waals surface area contributed by atoms with Gasteiger partial charge in [0.1, 0.15) is 10.8 Å². The fourth-order valence-corrected chi connectivity index (χ4v) is 4.95. The first kappa shape index (κ1) is 21.5. The smallest absolute Gasteiger partial charge is 0.236 e. The molecule has 4 aromatic rings. The molecule has 0 saturated carbocycles. The van der Waals surface area contributed by atoms with Crippen LogP contribution in [0, 0.1) is 0 Å². The highest BCUT2D eigenvalue weighted by molar-refractivity contribution is 8.01. The monoisotopic (exact) mass is 473 g/mol. The van der Waals surface area contributed by atoms with Crippen molar-refractivity contribution in [2.75, 3.05) is 23.4 Å². The number of carbonyl (C=O) groups excluding carboxylic acids is 1. The maximum absolute atomic E-state index is 12.3. The predicted molar refractivity (Wildman–Crippen MR) is 123 cm³/mol. The van der Waals surface area contributed by atoms with Crippen LogP contribution in [0.4, 0.5) is 5.13 Å². The SMILES string of the molecule is CCOc1ccc(-c2nnc3ccc(SCC(=O)Nc4nnc(SCC)s4)nn23)cc1. The van der Waals surface area contributed by atoms with Crippen molar-refractivity contribution in [3.63, 3.8) is 0 Å². The fourth-order valence-electron chi connectivity index (χ4n) is 2.63. The number of amides is 1. The molecule has 1 N–H and O–H groups in total. The lowest BCUT2D eigenvalue weighted by atomic mass is 10.2. The first-order chi connectivity index (χ1) is 15.2. The van der Waals surface area contributed by atoms with Crippen molar-refractivity contribution in [1.29, 1.82) is 0 Å². The van der Waals surface area contributed by atoms with Crippen LogP contribution in [0.5, 0.6) is 5.75 Å². The van der Waals surface area contributed by atoms with Crippen molar-refractivity contribution in [2.45, 2.75) is 23.2 Å². The zero-order valence-electron chi connectivity index (χ0n) is 16.8. The van der Waals surface area contributed by atoms with Crippen LogP contribution in [0.2, 0.25) is 0 Å². The zero-order valence-corrected chi connectivity index (χ0v) is 19.3. The van der Waals surface area contributed by atoms with E-state index >= 15 is 0 Å². The van der Waals surface area contributed by atoms with E-state index in [1.807, 2.05) is 50.2 Å². The van der Waals surface area contributed by atoms with Gasteiger partial charge in [-0.2, -0.15) is 9.61 Å². The normalized spacial score (nSPS) is 11.0. The second kappa shape index (κ2) is 10.1.